The van der Waals surface area contributed by atoms with Gasteiger partial charge in [0.25, 0.3) is 0 Å². The second kappa shape index (κ2) is 7.17. The second-order valence-corrected chi connectivity index (χ2v) is 7.67. The van der Waals surface area contributed by atoms with Crippen LogP contribution in [0.3, 0.4) is 0 Å². The van der Waals surface area contributed by atoms with Crippen molar-refractivity contribution in [3.63, 3.8) is 0 Å². The SMILES string of the molecule is CC(C)CNC[C@@H](C)NS(=O)(=O)c1ccc2cnccc2c1. The van der Waals surface area contributed by atoms with Gasteiger partial charge in [0.2, 0.25) is 10.0 Å². The molecule has 1 heterocycles. The molecule has 2 N–H and O–H groups in total. The number of nitrogens with zero attached hydrogens (tertiary/aromatic N) is 1. The Hall–Kier alpha value is -1.50. The van der Waals surface area contributed by atoms with Crippen molar-refractivity contribution in [2.45, 2.75) is 31.7 Å². The first-order valence-corrected chi connectivity index (χ1v) is 8.93. The molecule has 22 heavy (non-hydrogen) atoms. The Morgan fingerprint density at radius 3 is 2.59 bits per heavy atom. The van der Waals surface area contributed by atoms with Crippen LogP contribution in [0, 0.1) is 5.92 Å². The zero-order chi connectivity index (χ0) is 16.2. The van der Waals surface area contributed by atoms with Crippen molar-refractivity contribution >= 4 is 20.8 Å². The van der Waals surface area contributed by atoms with E-state index in [0.717, 1.165) is 17.3 Å². The van der Waals surface area contributed by atoms with E-state index in [-0.39, 0.29) is 10.9 Å². The number of hydrogen-bond donors (Lipinski definition) is 2. The van der Waals surface area contributed by atoms with Crippen molar-refractivity contribution in [2.24, 2.45) is 5.92 Å². The van der Waals surface area contributed by atoms with Gasteiger partial charge in [-0.25, -0.2) is 13.1 Å². The fraction of sp³-hybridized carbons (Fsp3) is 0.438. The molecule has 1 aromatic carbocycles. The average molecular weight is 321 g/mol. The van der Waals surface area contributed by atoms with E-state index in [1.165, 1.54) is 0 Å². The van der Waals surface area contributed by atoms with Crippen LogP contribution in [0.15, 0.2) is 41.6 Å². The Morgan fingerprint density at radius 1 is 1.09 bits per heavy atom. The number of benzene rings is 1. The lowest BCUT2D eigenvalue weighted by molar-refractivity contribution is 0.502. The van der Waals surface area contributed by atoms with Gasteiger partial charge in [-0.1, -0.05) is 19.9 Å². The standard InChI is InChI=1S/C16H23N3O2S/c1-12(2)9-18-10-13(3)19-22(20,21)16-5-4-15-11-17-7-6-14(15)8-16/h4-8,11-13,18-19H,9-10H2,1-3H3/t13-/m1/s1. The summed E-state index contributed by atoms with van der Waals surface area (Å²) in [6.45, 7) is 7.57. The summed E-state index contributed by atoms with van der Waals surface area (Å²) >= 11 is 0. The minimum Gasteiger partial charge on any atom is -0.315 e. The predicted molar refractivity (Wildman–Crippen MR) is 89.2 cm³/mol. The topological polar surface area (TPSA) is 71.1 Å². The Bertz CT molecular complexity index is 729. The van der Waals surface area contributed by atoms with Crippen molar-refractivity contribution in [3.8, 4) is 0 Å². The first kappa shape index (κ1) is 16.9. The second-order valence-electron chi connectivity index (χ2n) is 5.96. The lowest BCUT2D eigenvalue weighted by atomic mass is 10.2. The number of aromatic nitrogens is 1. The monoisotopic (exact) mass is 321 g/mol. The Morgan fingerprint density at radius 2 is 1.86 bits per heavy atom. The van der Waals surface area contributed by atoms with E-state index in [1.54, 1.807) is 30.6 Å². The smallest absolute Gasteiger partial charge is 0.240 e. The predicted octanol–water partition coefficient (Wildman–Crippen LogP) is 2.15. The van der Waals surface area contributed by atoms with Crippen molar-refractivity contribution in [1.82, 2.24) is 15.0 Å². The average Bonchev–Trinajstić information content (AvgIpc) is 2.45. The molecule has 2 aromatic rings. The van der Waals surface area contributed by atoms with Crippen LogP contribution in [-0.4, -0.2) is 32.5 Å². The molecule has 1 atom stereocenters. The molecule has 0 saturated carbocycles. The molecule has 6 heteroatoms. The maximum atomic E-state index is 12.4. The van der Waals surface area contributed by atoms with Gasteiger partial charge in [-0.15, -0.1) is 0 Å². The van der Waals surface area contributed by atoms with Crippen molar-refractivity contribution in [2.75, 3.05) is 13.1 Å². The number of fused-ring (bicyclic) bond motifs is 1. The first-order chi connectivity index (χ1) is 10.4. The molecule has 0 aliphatic rings. The van der Waals surface area contributed by atoms with Crippen LogP contribution in [0.2, 0.25) is 0 Å². The molecule has 0 aliphatic carbocycles. The zero-order valence-corrected chi connectivity index (χ0v) is 14.0. The van der Waals surface area contributed by atoms with Gasteiger partial charge in [0.05, 0.1) is 4.90 Å². The summed E-state index contributed by atoms with van der Waals surface area (Å²) in [6.07, 6.45) is 3.38. The molecule has 0 unspecified atom stereocenters. The van der Waals surface area contributed by atoms with Crippen molar-refractivity contribution < 1.29 is 8.42 Å². The first-order valence-electron chi connectivity index (χ1n) is 7.45. The van der Waals surface area contributed by atoms with Gasteiger partial charge in [0.1, 0.15) is 0 Å². The highest BCUT2D eigenvalue weighted by Gasteiger charge is 2.17. The van der Waals surface area contributed by atoms with E-state index in [2.05, 4.69) is 28.9 Å². The van der Waals surface area contributed by atoms with E-state index < -0.39 is 10.0 Å². The molecule has 0 spiro atoms. The summed E-state index contributed by atoms with van der Waals surface area (Å²) in [5, 5.41) is 5.04. The van der Waals surface area contributed by atoms with Crippen LogP contribution in [0.1, 0.15) is 20.8 Å². The molecule has 1 aromatic heterocycles. The van der Waals surface area contributed by atoms with E-state index in [4.69, 9.17) is 0 Å². The van der Waals surface area contributed by atoms with Gasteiger partial charge in [-0.2, -0.15) is 0 Å². The maximum absolute atomic E-state index is 12.4. The summed E-state index contributed by atoms with van der Waals surface area (Å²) in [6, 6.07) is 6.70. The van der Waals surface area contributed by atoms with Gasteiger partial charge in [0.15, 0.2) is 0 Å². The minimum absolute atomic E-state index is 0.170. The number of nitrogens with one attached hydrogen (secondary N) is 2. The summed E-state index contributed by atoms with van der Waals surface area (Å²) < 4.78 is 27.6. The third-order valence-corrected chi connectivity index (χ3v) is 4.87. The van der Waals surface area contributed by atoms with E-state index in [0.29, 0.717) is 12.5 Å². The van der Waals surface area contributed by atoms with Gasteiger partial charge < -0.3 is 5.32 Å². The number of pyridine rings is 1. The molecule has 0 aliphatic heterocycles. The molecule has 0 amide bonds. The fourth-order valence-corrected chi connectivity index (χ4v) is 3.47. The molecule has 0 fully saturated rings. The highest BCUT2D eigenvalue weighted by atomic mass is 32.2. The highest BCUT2D eigenvalue weighted by molar-refractivity contribution is 7.89. The Balaban J connectivity index is 2.08. The van der Waals surface area contributed by atoms with Crippen molar-refractivity contribution in [3.05, 3.63) is 36.7 Å². The van der Waals surface area contributed by atoms with Gasteiger partial charge in [-0.3, -0.25) is 4.98 Å². The number of hydrogen-bond acceptors (Lipinski definition) is 4. The van der Waals surface area contributed by atoms with Crippen LogP contribution in [0.4, 0.5) is 0 Å². The lowest BCUT2D eigenvalue weighted by Gasteiger charge is -2.16. The molecule has 120 valence electrons. The van der Waals surface area contributed by atoms with Crippen LogP contribution >= 0.6 is 0 Å². The highest BCUT2D eigenvalue weighted by Crippen LogP contribution is 2.18. The maximum Gasteiger partial charge on any atom is 0.240 e. The van der Waals surface area contributed by atoms with Crippen LogP contribution in [-0.2, 0) is 10.0 Å². The molecule has 0 saturated heterocycles. The fourth-order valence-electron chi connectivity index (χ4n) is 2.19. The quantitative estimate of drug-likeness (QED) is 0.820. The molecule has 0 radical (unpaired) electrons. The van der Waals surface area contributed by atoms with Gasteiger partial charge in [-0.05, 0) is 43.0 Å². The largest absolute Gasteiger partial charge is 0.315 e. The summed E-state index contributed by atoms with van der Waals surface area (Å²) in [4.78, 5) is 4.31. The molecular formula is C16H23N3O2S. The summed E-state index contributed by atoms with van der Waals surface area (Å²) in [5.41, 5.74) is 0. The number of rotatable bonds is 7. The third-order valence-electron chi connectivity index (χ3n) is 3.28. The van der Waals surface area contributed by atoms with Crippen molar-refractivity contribution in [1.29, 1.82) is 0 Å². The molecular weight excluding hydrogens is 298 g/mol. The minimum atomic E-state index is -3.51. The Kier molecular flexibility index (Phi) is 5.50. The normalized spacial score (nSPS) is 13.6. The van der Waals surface area contributed by atoms with E-state index in [1.807, 2.05) is 13.0 Å². The molecule has 0 bridgehead atoms. The summed E-state index contributed by atoms with van der Waals surface area (Å²) in [7, 11) is -3.51. The van der Waals surface area contributed by atoms with E-state index in [9.17, 15) is 8.42 Å². The van der Waals surface area contributed by atoms with Crippen LogP contribution in [0.25, 0.3) is 10.8 Å². The van der Waals surface area contributed by atoms with E-state index >= 15 is 0 Å². The zero-order valence-electron chi connectivity index (χ0n) is 13.2. The molecule has 2 rings (SSSR count). The van der Waals surface area contributed by atoms with Crippen LogP contribution < -0.4 is 10.0 Å². The number of sulfonamides is 1. The third kappa shape index (κ3) is 4.50. The molecule has 5 nitrogen and oxygen atoms in total. The Labute approximate surface area is 132 Å². The lowest BCUT2D eigenvalue weighted by Crippen LogP contribution is -2.40. The van der Waals surface area contributed by atoms with Gasteiger partial charge in [0, 0.05) is 30.4 Å². The van der Waals surface area contributed by atoms with Gasteiger partial charge >= 0.3 is 0 Å². The van der Waals surface area contributed by atoms with Crippen LogP contribution in [0.5, 0.6) is 0 Å². The summed E-state index contributed by atoms with van der Waals surface area (Å²) in [5.74, 6) is 0.540.